The van der Waals surface area contributed by atoms with Crippen molar-refractivity contribution in [2.75, 3.05) is 14.2 Å². The van der Waals surface area contributed by atoms with Crippen LogP contribution in [-0.2, 0) is 4.79 Å². The highest BCUT2D eigenvalue weighted by molar-refractivity contribution is 6.36. The fraction of sp³-hybridized carbons (Fsp3) is 0.370. The molecule has 3 unspecified atom stereocenters. The number of nitrogens with one attached hydrogen (secondary N) is 2. The van der Waals surface area contributed by atoms with Crippen LogP contribution in [0.3, 0.4) is 0 Å². The van der Waals surface area contributed by atoms with Gasteiger partial charge in [0, 0.05) is 23.8 Å². The molecule has 3 aromatic rings. The van der Waals surface area contributed by atoms with E-state index in [0.29, 0.717) is 12.2 Å². The van der Waals surface area contributed by atoms with E-state index in [1.807, 2.05) is 31.2 Å². The van der Waals surface area contributed by atoms with Crippen molar-refractivity contribution in [2.45, 2.75) is 38.8 Å². The first-order valence-electron chi connectivity index (χ1n) is 11.9. The maximum atomic E-state index is 13.7. The van der Waals surface area contributed by atoms with Gasteiger partial charge in [0.25, 0.3) is 0 Å². The minimum atomic E-state index is -1.70. The number of carbonyl (C=O) groups excluding carboxylic acids is 2. The monoisotopic (exact) mass is 509 g/mol. The van der Waals surface area contributed by atoms with Gasteiger partial charge >= 0.3 is 0 Å². The summed E-state index contributed by atoms with van der Waals surface area (Å²) in [5, 5.41) is 3.63. The largest absolute Gasteiger partial charge is 0.496 e. The minimum absolute atomic E-state index is 0.116. The zero-order chi connectivity index (χ0) is 25.8. The Hall–Kier alpha value is -3.52. The van der Waals surface area contributed by atoms with Gasteiger partial charge in [0.05, 0.1) is 31.3 Å². The number of H-pyrrole nitrogens is 1. The van der Waals surface area contributed by atoms with Gasteiger partial charge in [-0.3, -0.25) is 9.59 Å². The number of aromatic amines is 1. The number of rotatable bonds is 6. The number of hydrogen-bond acceptors (Lipinski definition) is 7. The van der Waals surface area contributed by atoms with Crippen LogP contribution in [0.25, 0.3) is 11.0 Å². The number of carbonyl (C=O) groups is 2. The van der Waals surface area contributed by atoms with Crippen LogP contribution in [0.2, 0.25) is 5.02 Å². The third kappa shape index (κ3) is 3.54. The summed E-state index contributed by atoms with van der Waals surface area (Å²) in [6.45, 7) is 6.01. The van der Waals surface area contributed by atoms with Crippen LogP contribution in [-0.4, -0.2) is 41.4 Å². The smallest absolute Gasteiger partial charge is 0.236 e. The number of hydrogen-bond donors (Lipinski definition) is 2. The highest BCUT2D eigenvalue weighted by Crippen LogP contribution is 2.53. The van der Waals surface area contributed by atoms with Crippen molar-refractivity contribution < 1.29 is 23.8 Å². The number of methoxy groups -OCH3 is 2. The van der Waals surface area contributed by atoms with Crippen molar-refractivity contribution in [3.8, 4) is 17.2 Å². The number of para-hydroxylation sites is 2. The maximum absolute atomic E-state index is 13.7. The Morgan fingerprint density at radius 2 is 1.92 bits per heavy atom. The molecule has 2 N–H and O–H groups in total. The molecule has 9 heteroatoms. The van der Waals surface area contributed by atoms with E-state index in [1.165, 1.54) is 26.4 Å². The van der Waals surface area contributed by atoms with Gasteiger partial charge in [0.2, 0.25) is 17.2 Å². The van der Waals surface area contributed by atoms with Gasteiger partial charge in [0.1, 0.15) is 27.9 Å². The van der Waals surface area contributed by atoms with Gasteiger partial charge in [0.15, 0.2) is 5.75 Å². The molecule has 0 radical (unpaired) electrons. The van der Waals surface area contributed by atoms with E-state index in [4.69, 9.17) is 30.8 Å². The van der Waals surface area contributed by atoms with Crippen LogP contribution >= 0.6 is 11.6 Å². The number of imidazole rings is 1. The molecule has 0 fully saturated rings. The van der Waals surface area contributed by atoms with Crippen LogP contribution in [0.15, 0.2) is 42.1 Å². The lowest BCUT2D eigenvalue weighted by molar-refractivity contribution is -0.129. The number of nitrogens with zero attached hydrogens (tertiary/aromatic N) is 1. The second-order valence-electron chi connectivity index (χ2n) is 9.61. The zero-order valence-corrected chi connectivity index (χ0v) is 21.5. The first kappa shape index (κ1) is 24.2. The third-order valence-corrected chi connectivity index (χ3v) is 7.38. The van der Waals surface area contributed by atoms with Crippen LogP contribution in [0.1, 0.15) is 49.4 Å². The van der Waals surface area contributed by atoms with Gasteiger partial charge in [-0.05, 0) is 24.5 Å². The molecule has 1 aliphatic carbocycles. The van der Waals surface area contributed by atoms with Gasteiger partial charge in [-0.1, -0.05) is 44.5 Å². The topological polar surface area (TPSA) is 103 Å². The molecular formula is C27H28ClN3O5. The second-order valence-corrected chi connectivity index (χ2v) is 9.99. The van der Waals surface area contributed by atoms with Crippen molar-refractivity contribution in [1.82, 2.24) is 15.3 Å². The number of allylic oxidation sites excluding steroid dienone is 1. The zero-order valence-electron chi connectivity index (χ0n) is 20.8. The second kappa shape index (κ2) is 8.85. The minimum Gasteiger partial charge on any atom is -0.496 e. The highest BCUT2D eigenvalue weighted by atomic mass is 35.5. The lowest BCUT2D eigenvalue weighted by Gasteiger charge is -2.36. The summed E-state index contributed by atoms with van der Waals surface area (Å²) in [5.74, 6) is 0.285. The van der Waals surface area contributed by atoms with Crippen molar-refractivity contribution in [2.24, 2.45) is 11.8 Å². The van der Waals surface area contributed by atoms with E-state index in [-0.39, 0.29) is 34.0 Å². The fourth-order valence-corrected chi connectivity index (χ4v) is 5.36. The number of halogens is 1. The summed E-state index contributed by atoms with van der Waals surface area (Å²) >= 11 is 6.47. The molecule has 8 nitrogen and oxygen atoms in total. The van der Waals surface area contributed by atoms with Gasteiger partial charge < -0.3 is 24.5 Å². The summed E-state index contributed by atoms with van der Waals surface area (Å²) in [7, 11) is 2.90. The summed E-state index contributed by atoms with van der Waals surface area (Å²) in [6, 6.07) is 9.21. The third-order valence-electron chi connectivity index (χ3n) is 7.02. The lowest BCUT2D eigenvalue weighted by atomic mass is 9.74. The van der Waals surface area contributed by atoms with E-state index in [1.54, 1.807) is 0 Å². The Bertz CT molecular complexity index is 1380. The van der Waals surface area contributed by atoms with Gasteiger partial charge in [-0.15, -0.1) is 0 Å². The van der Waals surface area contributed by atoms with Crippen molar-refractivity contribution in [3.05, 3.63) is 58.5 Å². The molecule has 3 atom stereocenters. The van der Waals surface area contributed by atoms with E-state index >= 15 is 0 Å². The Morgan fingerprint density at radius 1 is 1.19 bits per heavy atom. The molecule has 36 heavy (non-hydrogen) atoms. The average Bonchev–Trinajstić information content (AvgIpc) is 3.42. The molecule has 0 amide bonds. The average molecular weight is 510 g/mol. The SMILES string of the molecule is COc1cc(OC)c2c(c1Cl)OC1(C(=O)C=C(NC(c3nc4ccccc4[nH]3)C(C)C)CC1C)C2=O. The molecule has 2 aromatic carbocycles. The molecule has 0 saturated carbocycles. The molecule has 0 bridgehead atoms. The van der Waals surface area contributed by atoms with E-state index < -0.39 is 23.1 Å². The maximum Gasteiger partial charge on any atom is 0.236 e. The Kier molecular flexibility index (Phi) is 5.95. The van der Waals surface area contributed by atoms with Crippen LogP contribution < -0.4 is 19.5 Å². The molecule has 2 aliphatic rings. The molecule has 5 rings (SSSR count). The molecule has 0 saturated heterocycles. The number of aromatic nitrogens is 2. The quantitative estimate of drug-likeness (QED) is 0.449. The Labute approximate surface area is 214 Å². The molecule has 1 spiro atoms. The van der Waals surface area contributed by atoms with E-state index in [0.717, 1.165) is 22.6 Å². The molecule has 1 aromatic heterocycles. The summed E-state index contributed by atoms with van der Waals surface area (Å²) in [6.07, 6.45) is 1.89. The predicted molar refractivity (Wildman–Crippen MR) is 136 cm³/mol. The fourth-order valence-electron chi connectivity index (χ4n) is 5.10. The summed E-state index contributed by atoms with van der Waals surface area (Å²) in [4.78, 5) is 35.4. The van der Waals surface area contributed by atoms with E-state index in [9.17, 15) is 9.59 Å². The number of fused-ring (bicyclic) bond motifs is 2. The highest BCUT2D eigenvalue weighted by Gasteiger charge is 2.60. The number of ketones is 2. The summed E-state index contributed by atoms with van der Waals surface area (Å²) < 4.78 is 16.9. The summed E-state index contributed by atoms with van der Waals surface area (Å²) in [5.41, 5.74) is 1.01. The molecule has 2 heterocycles. The standard InChI is InChI=1S/C27H28ClN3O5/c1-13(2)23(26-30-16-8-6-7-9-17(16)31-26)29-15-10-14(3)27(20(32)11-15)25(33)21-18(34-4)12-19(35-5)22(28)24(21)36-27/h6-9,11-14,23,29H,10H2,1-5H3,(H,30,31). The lowest BCUT2D eigenvalue weighted by Crippen LogP contribution is -2.55. The number of benzene rings is 2. The van der Waals surface area contributed by atoms with Crippen molar-refractivity contribution in [1.29, 1.82) is 0 Å². The Balaban J connectivity index is 1.48. The first-order chi connectivity index (χ1) is 17.2. The van der Waals surface area contributed by atoms with Crippen LogP contribution in [0.4, 0.5) is 0 Å². The number of Topliss-reactive ketones (excluding diaryl/α,β-unsaturated/α-hetero) is 1. The Morgan fingerprint density at radius 3 is 2.56 bits per heavy atom. The molecular weight excluding hydrogens is 482 g/mol. The first-order valence-corrected chi connectivity index (χ1v) is 12.2. The number of ether oxygens (including phenoxy) is 3. The van der Waals surface area contributed by atoms with Gasteiger partial charge in [-0.2, -0.15) is 0 Å². The molecule has 1 aliphatic heterocycles. The normalized spacial score (nSPS) is 22.0. The van der Waals surface area contributed by atoms with Crippen LogP contribution in [0.5, 0.6) is 17.2 Å². The molecule has 188 valence electrons. The predicted octanol–water partition coefficient (Wildman–Crippen LogP) is 5.03. The van der Waals surface area contributed by atoms with E-state index in [2.05, 4.69) is 24.1 Å². The van der Waals surface area contributed by atoms with Crippen molar-refractivity contribution >= 4 is 34.2 Å². The van der Waals surface area contributed by atoms with Gasteiger partial charge in [-0.25, -0.2) is 4.98 Å². The van der Waals surface area contributed by atoms with Crippen LogP contribution in [0, 0.1) is 11.8 Å². The van der Waals surface area contributed by atoms with Crippen molar-refractivity contribution in [3.63, 3.8) is 0 Å².